The second-order valence-corrected chi connectivity index (χ2v) is 9.57. The Labute approximate surface area is 200 Å². The number of nitrogens with zero attached hydrogens (tertiary/aromatic N) is 3. The Balaban J connectivity index is 1.22. The molecule has 2 N–H and O–H groups in total. The molecule has 34 heavy (non-hydrogen) atoms. The summed E-state index contributed by atoms with van der Waals surface area (Å²) in [4.78, 5) is 24.1. The average Bonchev–Trinajstić information content (AvgIpc) is 3.39. The molecule has 0 spiro atoms. The van der Waals surface area contributed by atoms with Gasteiger partial charge in [-0.2, -0.15) is 0 Å². The molecule has 3 aliphatic rings. The highest BCUT2D eigenvalue weighted by Crippen LogP contribution is 2.30. The quantitative estimate of drug-likeness (QED) is 0.628. The van der Waals surface area contributed by atoms with Crippen molar-refractivity contribution < 1.29 is 9.53 Å². The van der Waals surface area contributed by atoms with Gasteiger partial charge in [-0.15, -0.1) is 0 Å². The lowest BCUT2D eigenvalue weighted by Gasteiger charge is -2.45. The van der Waals surface area contributed by atoms with Crippen molar-refractivity contribution in [2.45, 2.75) is 24.9 Å². The van der Waals surface area contributed by atoms with Crippen molar-refractivity contribution in [2.75, 3.05) is 62.7 Å². The molecular weight excluding hydrogens is 426 g/mol. The molecule has 1 aromatic heterocycles. The van der Waals surface area contributed by atoms with Gasteiger partial charge in [0.25, 0.3) is 0 Å². The van der Waals surface area contributed by atoms with Gasteiger partial charge >= 0.3 is 0 Å². The van der Waals surface area contributed by atoms with Crippen LogP contribution >= 0.6 is 0 Å². The molecule has 2 unspecified atom stereocenters. The first-order valence-corrected chi connectivity index (χ1v) is 12.5. The number of ether oxygens (including phenoxy) is 1. The van der Waals surface area contributed by atoms with E-state index in [-0.39, 0.29) is 18.0 Å². The van der Waals surface area contributed by atoms with Crippen LogP contribution in [0, 0.1) is 0 Å². The van der Waals surface area contributed by atoms with E-state index in [4.69, 9.17) is 4.74 Å². The summed E-state index contributed by atoms with van der Waals surface area (Å²) in [7, 11) is 0. The van der Waals surface area contributed by atoms with Crippen molar-refractivity contribution in [3.63, 3.8) is 0 Å². The second kappa shape index (κ2) is 9.31. The van der Waals surface area contributed by atoms with Gasteiger partial charge in [0.05, 0.1) is 19.3 Å². The third-order valence-corrected chi connectivity index (χ3v) is 7.66. The number of aryl methyl sites for hydroxylation is 1. The minimum Gasteiger partial charge on any atom is -0.380 e. The molecule has 178 valence electrons. The molecule has 3 aromatic rings. The van der Waals surface area contributed by atoms with Crippen molar-refractivity contribution in [3.05, 3.63) is 60.3 Å². The fraction of sp³-hybridized carbons (Fsp3) is 0.444. The smallest absolute Gasteiger partial charge is 0.242 e. The summed E-state index contributed by atoms with van der Waals surface area (Å²) in [6.45, 7) is 6.23. The van der Waals surface area contributed by atoms with Crippen molar-refractivity contribution in [1.29, 1.82) is 0 Å². The maximum Gasteiger partial charge on any atom is 0.242 e. The number of nitrogens with one attached hydrogen (secondary N) is 2. The monoisotopic (exact) mass is 459 g/mol. The normalized spacial score (nSPS) is 22.3. The van der Waals surface area contributed by atoms with Crippen LogP contribution < -0.4 is 10.2 Å². The molecule has 0 aliphatic carbocycles. The number of aromatic nitrogens is 1. The van der Waals surface area contributed by atoms with Crippen LogP contribution in [-0.4, -0.2) is 85.3 Å². The molecule has 1 amide bonds. The Bertz CT molecular complexity index is 1150. The molecule has 4 heterocycles. The number of carbonyl (C=O) groups excluding carboxylic acids is 1. The van der Waals surface area contributed by atoms with Crippen LogP contribution in [0.15, 0.2) is 54.7 Å². The predicted octanol–water partition coefficient (Wildman–Crippen LogP) is 2.94. The molecule has 3 aliphatic heterocycles. The van der Waals surface area contributed by atoms with E-state index in [2.05, 4.69) is 68.6 Å². The van der Waals surface area contributed by atoms with Crippen molar-refractivity contribution in [2.24, 2.45) is 0 Å². The number of morpholine rings is 1. The summed E-state index contributed by atoms with van der Waals surface area (Å²) in [6, 6.07) is 17.1. The lowest BCUT2D eigenvalue weighted by molar-refractivity contribution is -0.142. The second-order valence-electron chi connectivity index (χ2n) is 9.57. The number of carbonyl (C=O) groups is 1. The zero-order valence-corrected chi connectivity index (χ0v) is 19.6. The summed E-state index contributed by atoms with van der Waals surface area (Å²) in [5.74, 6) is 0.251. The highest BCUT2D eigenvalue weighted by atomic mass is 16.5. The molecule has 0 radical (unpaired) electrons. The maximum atomic E-state index is 13.9. The van der Waals surface area contributed by atoms with E-state index in [1.165, 1.54) is 27.8 Å². The van der Waals surface area contributed by atoms with Crippen LogP contribution in [0.3, 0.4) is 0 Å². The number of hydrogen-bond acceptors (Lipinski definition) is 5. The summed E-state index contributed by atoms with van der Waals surface area (Å²) in [6.07, 6.45) is 3.99. The number of H-pyrrole nitrogens is 1. The maximum absolute atomic E-state index is 13.9. The van der Waals surface area contributed by atoms with E-state index in [9.17, 15) is 4.79 Å². The van der Waals surface area contributed by atoms with Crippen LogP contribution in [-0.2, 0) is 16.0 Å². The van der Waals surface area contributed by atoms with Crippen LogP contribution in [0.4, 0.5) is 11.4 Å². The Kier molecular flexibility index (Phi) is 5.89. The molecule has 2 atom stereocenters. The van der Waals surface area contributed by atoms with Gasteiger partial charge in [0.15, 0.2) is 0 Å². The minimum absolute atomic E-state index is 0.116. The van der Waals surface area contributed by atoms with Crippen molar-refractivity contribution >= 4 is 28.2 Å². The Morgan fingerprint density at radius 2 is 1.76 bits per heavy atom. The van der Waals surface area contributed by atoms with Gasteiger partial charge in [-0.1, -0.05) is 24.3 Å². The number of rotatable bonds is 4. The summed E-state index contributed by atoms with van der Waals surface area (Å²) < 4.78 is 5.53. The Morgan fingerprint density at radius 3 is 2.62 bits per heavy atom. The third-order valence-electron chi connectivity index (χ3n) is 7.66. The molecule has 2 saturated heterocycles. The molecule has 6 rings (SSSR count). The number of aromatic amines is 1. The first-order valence-electron chi connectivity index (χ1n) is 12.5. The van der Waals surface area contributed by atoms with Gasteiger partial charge in [0, 0.05) is 67.7 Å². The average molecular weight is 460 g/mol. The fourth-order valence-electron chi connectivity index (χ4n) is 5.84. The Hall–Kier alpha value is -3.03. The number of para-hydroxylation sites is 1. The SMILES string of the molecule is O=C(C(C1CCc2ccccc2N1)N1CCN(c2cccc3[nH]ccc23)CC1)N1CCOCC1. The number of hydrogen-bond donors (Lipinski definition) is 2. The number of amides is 1. The minimum atomic E-state index is -0.156. The lowest BCUT2D eigenvalue weighted by atomic mass is 9.91. The first kappa shape index (κ1) is 21.5. The first-order chi connectivity index (χ1) is 16.8. The van der Waals surface area contributed by atoms with Crippen molar-refractivity contribution in [3.8, 4) is 0 Å². The van der Waals surface area contributed by atoms with Gasteiger partial charge in [-0.05, 0) is 42.7 Å². The molecule has 0 saturated carbocycles. The van der Waals surface area contributed by atoms with E-state index in [1.807, 2.05) is 11.1 Å². The fourth-order valence-corrected chi connectivity index (χ4v) is 5.84. The van der Waals surface area contributed by atoms with Crippen molar-refractivity contribution in [1.82, 2.24) is 14.8 Å². The number of fused-ring (bicyclic) bond motifs is 2. The summed E-state index contributed by atoms with van der Waals surface area (Å²) >= 11 is 0. The molecular formula is C27H33N5O2. The largest absolute Gasteiger partial charge is 0.380 e. The molecule has 0 bridgehead atoms. The summed E-state index contributed by atoms with van der Waals surface area (Å²) in [5.41, 5.74) is 4.97. The predicted molar refractivity (Wildman–Crippen MR) is 135 cm³/mol. The topological polar surface area (TPSA) is 63.8 Å². The van der Waals surface area contributed by atoms with Crippen LogP contribution in [0.5, 0.6) is 0 Å². The molecule has 2 fully saturated rings. The van der Waals surface area contributed by atoms with Gasteiger partial charge in [0.2, 0.25) is 5.91 Å². The van der Waals surface area contributed by atoms with Gasteiger partial charge < -0.3 is 24.8 Å². The highest BCUT2D eigenvalue weighted by Gasteiger charge is 2.39. The molecule has 7 nitrogen and oxygen atoms in total. The van der Waals surface area contributed by atoms with E-state index < -0.39 is 0 Å². The standard InChI is InChI=1S/C27H33N5O2/c33-27(32-16-18-34-19-17-32)26(24-9-8-20-4-1-2-5-22(20)29-24)31-14-12-30(13-15-31)25-7-3-6-23-21(25)10-11-28-23/h1-7,10-11,24,26,28-29H,8-9,12-19H2. The zero-order chi connectivity index (χ0) is 22.9. The van der Waals surface area contributed by atoms with Crippen LogP contribution in [0.2, 0.25) is 0 Å². The molecule has 2 aromatic carbocycles. The third kappa shape index (κ3) is 4.03. The highest BCUT2D eigenvalue weighted by molar-refractivity contribution is 5.92. The zero-order valence-electron chi connectivity index (χ0n) is 19.6. The van der Waals surface area contributed by atoms with E-state index >= 15 is 0 Å². The van der Waals surface area contributed by atoms with Gasteiger partial charge in [-0.3, -0.25) is 9.69 Å². The number of anilines is 2. The summed E-state index contributed by atoms with van der Waals surface area (Å²) in [5, 5.41) is 5.01. The van der Waals surface area contributed by atoms with E-state index in [0.717, 1.165) is 39.0 Å². The lowest BCUT2D eigenvalue weighted by Crippen LogP contribution is -2.62. The van der Waals surface area contributed by atoms with E-state index in [0.29, 0.717) is 26.3 Å². The van der Waals surface area contributed by atoms with E-state index in [1.54, 1.807) is 0 Å². The van der Waals surface area contributed by atoms with Crippen LogP contribution in [0.25, 0.3) is 10.9 Å². The van der Waals surface area contributed by atoms with Gasteiger partial charge in [0.1, 0.15) is 6.04 Å². The van der Waals surface area contributed by atoms with Crippen LogP contribution in [0.1, 0.15) is 12.0 Å². The number of piperazine rings is 1. The molecule has 7 heteroatoms. The number of benzene rings is 2. The Morgan fingerprint density at radius 1 is 0.941 bits per heavy atom. The van der Waals surface area contributed by atoms with Gasteiger partial charge in [-0.25, -0.2) is 0 Å².